The van der Waals surface area contributed by atoms with Crippen LogP contribution in [0.2, 0.25) is 0 Å². The summed E-state index contributed by atoms with van der Waals surface area (Å²) in [5.41, 5.74) is 1.19. The monoisotopic (exact) mass is 307 g/mol. The summed E-state index contributed by atoms with van der Waals surface area (Å²) in [6.07, 6.45) is 1.65. The number of ether oxygens (including phenoxy) is 2. The average molecular weight is 307 g/mol. The van der Waals surface area contributed by atoms with Gasteiger partial charge in [0.1, 0.15) is 0 Å². The molecule has 4 nitrogen and oxygen atoms in total. The Balaban J connectivity index is 2.08. The van der Waals surface area contributed by atoms with Crippen LogP contribution in [0.3, 0.4) is 0 Å². The van der Waals surface area contributed by atoms with Crippen LogP contribution in [0, 0.1) is 5.92 Å². The van der Waals surface area contributed by atoms with E-state index in [1.165, 1.54) is 5.56 Å². The normalized spacial score (nSPS) is 22.8. The summed E-state index contributed by atoms with van der Waals surface area (Å²) >= 11 is 0. The lowest BCUT2D eigenvalue weighted by Gasteiger charge is -2.35. The van der Waals surface area contributed by atoms with E-state index < -0.39 is 0 Å². The Morgan fingerprint density at radius 2 is 2.09 bits per heavy atom. The summed E-state index contributed by atoms with van der Waals surface area (Å²) in [4.78, 5) is 2.41. The van der Waals surface area contributed by atoms with Crippen molar-refractivity contribution in [2.45, 2.75) is 45.8 Å². The molecule has 0 aromatic heterocycles. The molecule has 2 unspecified atom stereocenters. The molecule has 1 saturated heterocycles. The van der Waals surface area contributed by atoms with Crippen molar-refractivity contribution < 1.29 is 14.6 Å². The summed E-state index contributed by atoms with van der Waals surface area (Å²) < 4.78 is 11.2. The van der Waals surface area contributed by atoms with Crippen LogP contribution >= 0.6 is 0 Å². The Kier molecular flexibility index (Phi) is 6.09. The van der Waals surface area contributed by atoms with Gasteiger partial charge in [-0.05, 0) is 50.9 Å². The number of methoxy groups -OCH3 is 1. The molecule has 4 heteroatoms. The Labute approximate surface area is 134 Å². The Hall–Kier alpha value is -1.26. The van der Waals surface area contributed by atoms with Crippen LogP contribution < -0.4 is 9.47 Å². The third-order valence-electron chi connectivity index (χ3n) is 4.31. The highest BCUT2D eigenvalue weighted by atomic mass is 16.5. The van der Waals surface area contributed by atoms with Gasteiger partial charge in [-0.15, -0.1) is 0 Å². The lowest BCUT2D eigenvalue weighted by Crippen LogP contribution is -2.43. The maximum absolute atomic E-state index is 10.3. The first-order valence-corrected chi connectivity index (χ1v) is 8.27. The second-order valence-electron chi connectivity index (χ2n) is 6.37. The molecule has 0 aliphatic carbocycles. The minimum absolute atomic E-state index is 0.123. The maximum atomic E-state index is 10.3. The molecular formula is C18H29NO3. The highest BCUT2D eigenvalue weighted by Crippen LogP contribution is 2.31. The van der Waals surface area contributed by atoms with Crippen LogP contribution in [0.1, 0.15) is 32.8 Å². The largest absolute Gasteiger partial charge is 0.493 e. The van der Waals surface area contributed by atoms with Crippen molar-refractivity contribution in [1.29, 1.82) is 0 Å². The highest BCUT2D eigenvalue weighted by molar-refractivity contribution is 5.43. The number of piperidine rings is 1. The van der Waals surface area contributed by atoms with Crippen LogP contribution in [0.5, 0.6) is 11.5 Å². The smallest absolute Gasteiger partial charge is 0.161 e. The van der Waals surface area contributed by atoms with E-state index in [4.69, 9.17) is 9.47 Å². The van der Waals surface area contributed by atoms with Gasteiger partial charge in [-0.25, -0.2) is 0 Å². The number of aliphatic hydroxyl groups excluding tert-OH is 1. The molecule has 22 heavy (non-hydrogen) atoms. The van der Waals surface area contributed by atoms with Gasteiger partial charge in [-0.2, -0.15) is 0 Å². The van der Waals surface area contributed by atoms with E-state index in [-0.39, 0.29) is 18.1 Å². The van der Waals surface area contributed by atoms with E-state index in [2.05, 4.69) is 17.9 Å². The molecule has 1 aliphatic rings. The zero-order valence-corrected chi connectivity index (χ0v) is 14.2. The van der Waals surface area contributed by atoms with Gasteiger partial charge in [-0.1, -0.05) is 13.0 Å². The van der Waals surface area contributed by atoms with E-state index in [0.29, 0.717) is 0 Å². The number of rotatable bonds is 6. The van der Waals surface area contributed by atoms with Crippen molar-refractivity contribution in [1.82, 2.24) is 4.90 Å². The van der Waals surface area contributed by atoms with E-state index in [1.807, 2.05) is 26.0 Å². The van der Waals surface area contributed by atoms with Crippen LogP contribution in [0.15, 0.2) is 18.2 Å². The van der Waals surface area contributed by atoms with Crippen molar-refractivity contribution in [3.05, 3.63) is 23.8 Å². The van der Waals surface area contributed by atoms with Gasteiger partial charge in [0, 0.05) is 19.0 Å². The van der Waals surface area contributed by atoms with Gasteiger partial charge in [0.25, 0.3) is 0 Å². The predicted octanol–water partition coefficient (Wildman–Crippen LogP) is 2.73. The van der Waals surface area contributed by atoms with Gasteiger partial charge in [-0.3, -0.25) is 0 Å². The maximum Gasteiger partial charge on any atom is 0.161 e. The number of nitrogens with zero attached hydrogens (tertiary/aromatic N) is 1. The van der Waals surface area contributed by atoms with E-state index in [0.717, 1.165) is 44.0 Å². The summed E-state index contributed by atoms with van der Waals surface area (Å²) in [6, 6.07) is 6.09. The first-order valence-electron chi connectivity index (χ1n) is 8.27. The fourth-order valence-corrected chi connectivity index (χ4v) is 3.08. The average Bonchev–Trinajstić information content (AvgIpc) is 2.50. The summed E-state index contributed by atoms with van der Waals surface area (Å²) in [6.45, 7) is 9.20. The molecule has 124 valence electrons. The molecule has 1 aliphatic heterocycles. The molecule has 1 heterocycles. The first kappa shape index (κ1) is 17.1. The number of aliphatic hydroxyl groups is 1. The topological polar surface area (TPSA) is 41.9 Å². The van der Waals surface area contributed by atoms with Crippen LogP contribution in [0.25, 0.3) is 0 Å². The Morgan fingerprint density at radius 3 is 2.73 bits per heavy atom. The fraction of sp³-hybridized carbons (Fsp3) is 0.667. The molecule has 0 amide bonds. The molecule has 2 rings (SSSR count). The highest BCUT2D eigenvalue weighted by Gasteiger charge is 2.27. The molecule has 0 radical (unpaired) electrons. The zero-order valence-electron chi connectivity index (χ0n) is 14.2. The quantitative estimate of drug-likeness (QED) is 0.877. The second-order valence-corrected chi connectivity index (χ2v) is 6.37. The number of hydrogen-bond acceptors (Lipinski definition) is 4. The van der Waals surface area contributed by atoms with Crippen molar-refractivity contribution >= 4 is 0 Å². The molecule has 1 N–H and O–H groups in total. The lowest BCUT2D eigenvalue weighted by atomic mass is 9.88. The SMILES string of the molecule is CCN1CCC(O)C(Cc2ccc(OC(C)C)c(OC)c2)C1. The third-order valence-corrected chi connectivity index (χ3v) is 4.31. The number of likely N-dealkylation sites (tertiary alicyclic amines) is 1. The van der Waals surface area contributed by atoms with E-state index in [9.17, 15) is 5.11 Å². The molecule has 1 aromatic carbocycles. The van der Waals surface area contributed by atoms with E-state index in [1.54, 1.807) is 7.11 Å². The van der Waals surface area contributed by atoms with Crippen molar-refractivity contribution in [2.75, 3.05) is 26.7 Å². The number of hydrogen-bond donors (Lipinski definition) is 1. The Morgan fingerprint density at radius 1 is 1.32 bits per heavy atom. The number of benzene rings is 1. The molecular weight excluding hydrogens is 278 g/mol. The zero-order chi connectivity index (χ0) is 16.1. The van der Waals surface area contributed by atoms with Gasteiger partial charge in [0.2, 0.25) is 0 Å². The van der Waals surface area contributed by atoms with Crippen molar-refractivity contribution in [3.63, 3.8) is 0 Å². The molecule has 1 fully saturated rings. The van der Waals surface area contributed by atoms with Crippen molar-refractivity contribution in [2.24, 2.45) is 5.92 Å². The fourth-order valence-electron chi connectivity index (χ4n) is 3.08. The molecule has 0 saturated carbocycles. The molecule has 0 spiro atoms. The lowest BCUT2D eigenvalue weighted by molar-refractivity contribution is 0.0290. The predicted molar refractivity (Wildman–Crippen MR) is 88.7 cm³/mol. The summed E-state index contributed by atoms with van der Waals surface area (Å²) in [7, 11) is 1.67. The molecule has 1 aromatic rings. The van der Waals surface area contributed by atoms with Crippen LogP contribution in [-0.4, -0.2) is 49.0 Å². The minimum atomic E-state index is -0.208. The van der Waals surface area contributed by atoms with Gasteiger partial charge >= 0.3 is 0 Å². The molecule has 2 atom stereocenters. The summed E-state index contributed by atoms with van der Waals surface area (Å²) in [5, 5.41) is 10.3. The van der Waals surface area contributed by atoms with E-state index >= 15 is 0 Å². The van der Waals surface area contributed by atoms with Gasteiger partial charge < -0.3 is 19.5 Å². The second kappa shape index (κ2) is 7.84. The minimum Gasteiger partial charge on any atom is -0.493 e. The van der Waals surface area contributed by atoms with Crippen LogP contribution in [-0.2, 0) is 6.42 Å². The first-order chi connectivity index (χ1) is 10.5. The standard InChI is InChI=1S/C18H29NO3/c1-5-19-9-8-16(20)15(12-19)10-14-6-7-17(22-13(2)3)18(11-14)21-4/h6-7,11,13,15-16,20H,5,8-10,12H2,1-4H3. The molecule has 0 bridgehead atoms. The third kappa shape index (κ3) is 4.37. The van der Waals surface area contributed by atoms with Gasteiger partial charge in [0.15, 0.2) is 11.5 Å². The van der Waals surface area contributed by atoms with Crippen LogP contribution in [0.4, 0.5) is 0 Å². The van der Waals surface area contributed by atoms with Gasteiger partial charge in [0.05, 0.1) is 19.3 Å². The van der Waals surface area contributed by atoms with Crippen molar-refractivity contribution in [3.8, 4) is 11.5 Å². The Bertz CT molecular complexity index is 475. The summed E-state index contributed by atoms with van der Waals surface area (Å²) in [5.74, 6) is 1.83.